The van der Waals surface area contributed by atoms with Crippen molar-refractivity contribution in [2.24, 2.45) is 0 Å². The van der Waals surface area contributed by atoms with Gasteiger partial charge in [-0.2, -0.15) is 0 Å². The minimum atomic E-state index is 0.644. The van der Waals surface area contributed by atoms with Crippen molar-refractivity contribution in [3.63, 3.8) is 0 Å². The molecule has 0 fully saturated rings. The molecule has 11 aromatic rings. The molecule has 4 heteroatoms. The van der Waals surface area contributed by atoms with Crippen LogP contribution in [0, 0.1) is 0 Å². The molecule has 0 aliphatic rings. The molecule has 242 valence electrons. The smallest absolute Gasteiger partial charge is 0.161 e. The van der Waals surface area contributed by atoms with Gasteiger partial charge in [-0.1, -0.05) is 115 Å². The van der Waals surface area contributed by atoms with Crippen molar-refractivity contribution in [1.82, 2.24) is 9.97 Å². The Morgan fingerprint density at radius 3 is 1.90 bits per heavy atom. The summed E-state index contributed by atoms with van der Waals surface area (Å²) in [6.07, 6.45) is 0. The first-order chi connectivity index (χ1) is 25.7. The van der Waals surface area contributed by atoms with E-state index < -0.39 is 0 Å². The molecule has 0 radical (unpaired) electrons. The third-order valence-electron chi connectivity index (χ3n) is 10.3. The highest BCUT2D eigenvalue weighted by Gasteiger charge is 2.20. The van der Waals surface area contributed by atoms with E-state index in [4.69, 9.17) is 18.8 Å². The normalized spacial score (nSPS) is 11.8. The van der Waals surface area contributed by atoms with Gasteiger partial charge in [-0.05, 0) is 81.9 Å². The zero-order valence-corrected chi connectivity index (χ0v) is 27.9. The van der Waals surface area contributed by atoms with Crippen LogP contribution in [0.1, 0.15) is 0 Å². The topological polar surface area (TPSA) is 52.1 Å². The van der Waals surface area contributed by atoms with E-state index in [1.165, 1.54) is 10.8 Å². The summed E-state index contributed by atoms with van der Waals surface area (Å²) in [6, 6.07) is 59.1. The fourth-order valence-electron chi connectivity index (χ4n) is 7.69. The van der Waals surface area contributed by atoms with Crippen LogP contribution >= 0.6 is 0 Å². The van der Waals surface area contributed by atoms with Crippen LogP contribution in [0.5, 0.6) is 0 Å². The van der Waals surface area contributed by atoms with Gasteiger partial charge in [0, 0.05) is 43.6 Å². The Kier molecular flexibility index (Phi) is 6.22. The molecule has 8 aromatic carbocycles. The second-order valence-electron chi connectivity index (χ2n) is 13.4. The molecule has 0 saturated carbocycles. The molecule has 0 saturated heterocycles. The predicted molar refractivity (Wildman–Crippen MR) is 213 cm³/mol. The maximum atomic E-state index is 6.82. The van der Waals surface area contributed by atoms with Crippen LogP contribution in [0.15, 0.2) is 179 Å². The Bertz CT molecular complexity index is 3190. The zero-order chi connectivity index (χ0) is 34.2. The summed E-state index contributed by atoms with van der Waals surface area (Å²) in [5, 5.41) is 8.74. The quantitative estimate of drug-likeness (QED) is 0.188. The largest absolute Gasteiger partial charge is 0.456 e. The predicted octanol–water partition coefficient (Wildman–Crippen LogP) is 13.2. The summed E-state index contributed by atoms with van der Waals surface area (Å²) in [5.74, 6) is 0.644. The highest BCUT2D eigenvalue weighted by molar-refractivity contribution is 6.21. The molecule has 52 heavy (non-hydrogen) atoms. The number of nitrogens with zero attached hydrogens (tertiary/aromatic N) is 2. The van der Waals surface area contributed by atoms with Crippen molar-refractivity contribution in [1.29, 1.82) is 0 Å². The third kappa shape index (κ3) is 4.55. The molecular weight excluding hydrogens is 637 g/mol. The van der Waals surface area contributed by atoms with Gasteiger partial charge in [-0.15, -0.1) is 0 Å². The van der Waals surface area contributed by atoms with Crippen LogP contribution in [0.3, 0.4) is 0 Å². The molecule has 11 rings (SSSR count). The van der Waals surface area contributed by atoms with Crippen LogP contribution in [-0.4, -0.2) is 9.97 Å². The van der Waals surface area contributed by atoms with Crippen molar-refractivity contribution in [3.05, 3.63) is 170 Å². The lowest BCUT2D eigenvalue weighted by Gasteiger charge is -2.11. The average molecular weight is 665 g/mol. The summed E-state index contributed by atoms with van der Waals surface area (Å²) < 4.78 is 13.0. The molecule has 0 atom stereocenters. The number of hydrogen-bond acceptors (Lipinski definition) is 4. The number of para-hydroxylation sites is 1. The van der Waals surface area contributed by atoms with E-state index in [1.54, 1.807) is 0 Å². The molecule has 4 nitrogen and oxygen atoms in total. The lowest BCUT2D eigenvalue weighted by molar-refractivity contribution is 0.669. The summed E-state index contributed by atoms with van der Waals surface area (Å²) in [6.45, 7) is 0. The molecule has 0 aliphatic heterocycles. The van der Waals surface area contributed by atoms with E-state index in [-0.39, 0.29) is 0 Å². The summed E-state index contributed by atoms with van der Waals surface area (Å²) in [5.41, 5.74) is 10.3. The Morgan fingerprint density at radius 1 is 0.346 bits per heavy atom. The number of benzene rings is 8. The lowest BCUT2D eigenvalue weighted by Crippen LogP contribution is -1.96. The minimum Gasteiger partial charge on any atom is -0.456 e. The van der Waals surface area contributed by atoms with E-state index in [0.29, 0.717) is 5.82 Å². The first-order valence-electron chi connectivity index (χ1n) is 17.5. The summed E-state index contributed by atoms with van der Waals surface area (Å²) in [4.78, 5) is 10.6. The van der Waals surface area contributed by atoms with Crippen LogP contribution in [0.4, 0.5) is 0 Å². The number of rotatable bonds is 4. The Labute approximate surface area is 298 Å². The van der Waals surface area contributed by atoms with Crippen LogP contribution in [0.2, 0.25) is 0 Å². The molecule has 0 bridgehead atoms. The second-order valence-corrected chi connectivity index (χ2v) is 13.4. The average Bonchev–Trinajstić information content (AvgIpc) is 3.79. The Hall–Kier alpha value is -7.04. The molecule has 0 N–H and O–H groups in total. The number of aromatic nitrogens is 2. The van der Waals surface area contributed by atoms with Gasteiger partial charge in [0.15, 0.2) is 5.82 Å². The molecule has 0 unspecified atom stereocenters. The lowest BCUT2D eigenvalue weighted by atomic mass is 9.97. The maximum Gasteiger partial charge on any atom is 0.161 e. The number of fused-ring (bicyclic) bond motifs is 9. The van der Waals surface area contributed by atoms with E-state index in [9.17, 15) is 0 Å². The van der Waals surface area contributed by atoms with Crippen molar-refractivity contribution >= 4 is 65.4 Å². The van der Waals surface area contributed by atoms with Crippen molar-refractivity contribution in [2.75, 3.05) is 0 Å². The fraction of sp³-hybridized carbons (Fsp3) is 0. The fourth-order valence-corrected chi connectivity index (χ4v) is 7.69. The van der Waals surface area contributed by atoms with Gasteiger partial charge in [0.2, 0.25) is 0 Å². The van der Waals surface area contributed by atoms with Gasteiger partial charge in [0.05, 0.1) is 11.4 Å². The van der Waals surface area contributed by atoms with E-state index >= 15 is 0 Å². The maximum absolute atomic E-state index is 6.82. The van der Waals surface area contributed by atoms with Crippen molar-refractivity contribution in [2.45, 2.75) is 0 Å². The highest BCUT2D eigenvalue weighted by Crippen LogP contribution is 2.43. The van der Waals surface area contributed by atoms with Gasteiger partial charge in [-0.25, -0.2) is 9.97 Å². The van der Waals surface area contributed by atoms with Crippen molar-refractivity contribution < 1.29 is 8.83 Å². The molecule has 3 aromatic heterocycles. The highest BCUT2D eigenvalue weighted by atomic mass is 16.3. The van der Waals surface area contributed by atoms with Gasteiger partial charge in [0.1, 0.15) is 22.3 Å². The van der Waals surface area contributed by atoms with Gasteiger partial charge >= 0.3 is 0 Å². The van der Waals surface area contributed by atoms with E-state index in [1.807, 2.05) is 42.5 Å². The molecule has 3 heterocycles. The van der Waals surface area contributed by atoms with Gasteiger partial charge in [0.25, 0.3) is 0 Å². The minimum absolute atomic E-state index is 0.644. The summed E-state index contributed by atoms with van der Waals surface area (Å²) >= 11 is 0. The first kappa shape index (κ1) is 28.8. The third-order valence-corrected chi connectivity index (χ3v) is 10.3. The zero-order valence-electron chi connectivity index (χ0n) is 27.9. The monoisotopic (exact) mass is 664 g/mol. The van der Waals surface area contributed by atoms with Crippen LogP contribution in [-0.2, 0) is 0 Å². The van der Waals surface area contributed by atoms with E-state index in [2.05, 4.69) is 127 Å². The van der Waals surface area contributed by atoms with Crippen LogP contribution < -0.4 is 0 Å². The molecule has 0 spiro atoms. The Morgan fingerprint density at radius 2 is 1.02 bits per heavy atom. The summed E-state index contributed by atoms with van der Waals surface area (Å²) in [7, 11) is 0. The second kappa shape index (κ2) is 11.2. The van der Waals surface area contributed by atoms with Gasteiger partial charge < -0.3 is 8.83 Å². The van der Waals surface area contributed by atoms with Gasteiger partial charge in [-0.3, -0.25) is 0 Å². The van der Waals surface area contributed by atoms with E-state index in [0.717, 1.165) is 93.9 Å². The molecule has 0 amide bonds. The first-order valence-corrected chi connectivity index (χ1v) is 17.5. The standard InChI is InChI=1S/C48H28N2O2/c1-2-11-30(12-3-1)41-28-42(35-21-23-44-39(26-35)37-16-8-9-17-43(37)51-44)50-48(49-41)40-25-34-14-6-7-15-36(34)47-46(40)38-22-20-33(27-45(38)52-47)32-19-18-29-10-4-5-13-31(29)24-32/h1-28H. The van der Waals surface area contributed by atoms with Crippen molar-refractivity contribution in [3.8, 4) is 45.0 Å². The van der Waals surface area contributed by atoms with Crippen LogP contribution in [0.25, 0.3) is 110 Å². The SMILES string of the molecule is c1ccc(-c2cc(-c3ccc4oc5ccccc5c4c3)nc(-c3cc4ccccc4c4oc5cc(-c6ccc7ccccc7c6)ccc5c34)n2)cc1. The molecular formula is C48H28N2O2. The number of hydrogen-bond donors (Lipinski definition) is 0. The number of furan rings is 2. The molecule has 0 aliphatic carbocycles. The Balaban J connectivity index is 1.16.